The van der Waals surface area contributed by atoms with Gasteiger partial charge in [0.2, 0.25) is 0 Å². The molecule has 0 amide bonds. The van der Waals surface area contributed by atoms with Gasteiger partial charge in [0.15, 0.2) is 0 Å². The van der Waals surface area contributed by atoms with Gasteiger partial charge in [0.05, 0.1) is 0 Å². The number of nitrogens with two attached hydrogens (primary N) is 1. The fourth-order valence-electron chi connectivity index (χ4n) is 1.15. The van der Waals surface area contributed by atoms with E-state index < -0.39 is 0 Å². The topological polar surface area (TPSA) is 29.3 Å². The van der Waals surface area contributed by atoms with E-state index >= 15 is 0 Å². The van der Waals surface area contributed by atoms with Crippen molar-refractivity contribution in [3.05, 3.63) is 0 Å². The summed E-state index contributed by atoms with van der Waals surface area (Å²) in [4.78, 5) is 2.38. The quantitative estimate of drug-likeness (QED) is 0.660. The maximum atomic E-state index is 5.66. The molecule has 1 rings (SSSR count). The van der Waals surface area contributed by atoms with Crippen LogP contribution < -0.4 is 5.73 Å². The van der Waals surface area contributed by atoms with Crippen LogP contribution in [0.4, 0.5) is 0 Å². The highest BCUT2D eigenvalue weighted by atomic mass is 35.5. The van der Waals surface area contributed by atoms with Crippen LogP contribution in [-0.2, 0) is 0 Å². The SMILES string of the molecule is CCN1CCC(N)C1.Cl.Cl. The smallest absolute Gasteiger partial charge is 0.0180 e. The monoisotopic (exact) mass is 186 g/mol. The molecule has 2 N–H and O–H groups in total. The molecule has 1 heterocycles. The molecule has 0 aromatic carbocycles. The van der Waals surface area contributed by atoms with Gasteiger partial charge < -0.3 is 10.6 Å². The number of nitrogens with zero attached hydrogens (tertiary/aromatic N) is 1. The van der Waals surface area contributed by atoms with Gasteiger partial charge in [-0.3, -0.25) is 0 Å². The molecule has 64 valence electrons. The summed E-state index contributed by atoms with van der Waals surface area (Å²) in [6, 6.07) is 0.454. The van der Waals surface area contributed by atoms with E-state index in [-0.39, 0.29) is 24.8 Å². The minimum atomic E-state index is 0. The third kappa shape index (κ3) is 3.62. The Balaban J connectivity index is 0. The lowest BCUT2D eigenvalue weighted by Crippen LogP contribution is -2.26. The highest BCUT2D eigenvalue weighted by Crippen LogP contribution is 2.04. The largest absolute Gasteiger partial charge is 0.326 e. The summed E-state index contributed by atoms with van der Waals surface area (Å²) in [5, 5.41) is 0. The molecule has 10 heavy (non-hydrogen) atoms. The molecular weight excluding hydrogens is 171 g/mol. The van der Waals surface area contributed by atoms with E-state index in [4.69, 9.17) is 5.73 Å². The van der Waals surface area contributed by atoms with Crippen molar-refractivity contribution in [2.45, 2.75) is 19.4 Å². The molecule has 0 spiro atoms. The zero-order chi connectivity index (χ0) is 5.98. The molecule has 0 aromatic rings. The lowest BCUT2D eigenvalue weighted by atomic mass is 10.3. The first kappa shape index (κ1) is 13.1. The summed E-state index contributed by atoms with van der Waals surface area (Å²) < 4.78 is 0. The predicted octanol–water partition coefficient (Wildman–Crippen LogP) is 0.883. The van der Waals surface area contributed by atoms with Gasteiger partial charge in [-0.05, 0) is 19.5 Å². The summed E-state index contributed by atoms with van der Waals surface area (Å²) in [6.45, 7) is 5.65. The fraction of sp³-hybridized carbons (Fsp3) is 1.00. The van der Waals surface area contributed by atoms with Gasteiger partial charge in [0.1, 0.15) is 0 Å². The van der Waals surface area contributed by atoms with E-state index in [1.807, 2.05) is 0 Å². The average Bonchev–Trinajstić information content (AvgIpc) is 2.14. The van der Waals surface area contributed by atoms with Crippen LogP contribution in [0.25, 0.3) is 0 Å². The number of hydrogen-bond donors (Lipinski definition) is 1. The molecule has 2 nitrogen and oxygen atoms in total. The Morgan fingerprint density at radius 1 is 1.50 bits per heavy atom. The number of halogens is 2. The van der Waals surface area contributed by atoms with Crippen LogP contribution >= 0.6 is 24.8 Å². The molecule has 1 fully saturated rings. The van der Waals surface area contributed by atoms with Crippen molar-refractivity contribution in [3.8, 4) is 0 Å². The number of likely N-dealkylation sites (N-methyl/N-ethyl adjacent to an activating group) is 1. The predicted molar refractivity (Wildman–Crippen MR) is 49.2 cm³/mol. The van der Waals surface area contributed by atoms with Crippen molar-refractivity contribution >= 4 is 24.8 Å². The minimum Gasteiger partial charge on any atom is -0.326 e. The normalized spacial score (nSPS) is 25.2. The molecule has 0 radical (unpaired) electrons. The average molecular weight is 187 g/mol. The van der Waals surface area contributed by atoms with Crippen molar-refractivity contribution < 1.29 is 0 Å². The van der Waals surface area contributed by atoms with Gasteiger partial charge in [-0.1, -0.05) is 6.92 Å². The van der Waals surface area contributed by atoms with Crippen LogP contribution in [0.1, 0.15) is 13.3 Å². The second-order valence-corrected chi connectivity index (χ2v) is 2.44. The highest BCUT2D eigenvalue weighted by molar-refractivity contribution is 5.85. The summed E-state index contributed by atoms with van der Waals surface area (Å²) in [5.74, 6) is 0. The van der Waals surface area contributed by atoms with Crippen LogP contribution in [0.3, 0.4) is 0 Å². The number of likely N-dealkylation sites (tertiary alicyclic amines) is 1. The van der Waals surface area contributed by atoms with Gasteiger partial charge in [-0.25, -0.2) is 0 Å². The lowest BCUT2D eigenvalue weighted by molar-refractivity contribution is 0.354. The fourth-order valence-corrected chi connectivity index (χ4v) is 1.15. The summed E-state index contributed by atoms with van der Waals surface area (Å²) >= 11 is 0. The maximum absolute atomic E-state index is 5.66. The number of rotatable bonds is 1. The Labute approximate surface area is 75.0 Å². The van der Waals surface area contributed by atoms with E-state index in [0.717, 1.165) is 13.1 Å². The van der Waals surface area contributed by atoms with Gasteiger partial charge in [0, 0.05) is 12.6 Å². The highest BCUT2D eigenvalue weighted by Gasteiger charge is 2.16. The summed E-state index contributed by atoms with van der Waals surface area (Å²) in [5.41, 5.74) is 5.66. The first-order valence-electron chi connectivity index (χ1n) is 3.31. The summed E-state index contributed by atoms with van der Waals surface area (Å²) in [6.07, 6.45) is 1.19. The third-order valence-electron chi connectivity index (χ3n) is 1.76. The van der Waals surface area contributed by atoms with Crippen molar-refractivity contribution in [1.29, 1.82) is 0 Å². The molecule has 1 saturated heterocycles. The Morgan fingerprint density at radius 2 is 2.10 bits per heavy atom. The van der Waals surface area contributed by atoms with Crippen LogP contribution in [0.5, 0.6) is 0 Å². The first-order valence-corrected chi connectivity index (χ1v) is 3.31. The van der Waals surface area contributed by atoms with Gasteiger partial charge >= 0.3 is 0 Å². The molecule has 1 unspecified atom stereocenters. The van der Waals surface area contributed by atoms with E-state index in [2.05, 4.69) is 11.8 Å². The first-order chi connectivity index (χ1) is 3.83. The van der Waals surface area contributed by atoms with Gasteiger partial charge in [0.25, 0.3) is 0 Å². The van der Waals surface area contributed by atoms with Crippen molar-refractivity contribution in [3.63, 3.8) is 0 Å². The zero-order valence-electron chi connectivity index (χ0n) is 6.25. The molecular formula is C6H16Cl2N2. The van der Waals surface area contributed by atoms with Crippen molar-refractivity contribution in [2.75, 3.05) is 19.6 Å². The Hall–Kier alpha value is 0.500. The Kier molecular flexibility index (Phi) is 8.17. The van der Waals surface area contributed by atoms with Crippen LogP contribution in [0.15, 0.2) is 0 Å². The van der Waals surface area contributed by atoms with E-state index in [1.165, 1.54) is 13.0 Å². The molecule has 0 aromatic heterocycles. The van der Waals surface area contributed by atoms with Gasteiger partial charge in [-0.2, -0.15) is 0 Å². The van der Waals surface area contributed by atoms with Crippen LogP contribution in [-0.4, -0.2) is 30.6 Å². The molecule has 0 bridgehead atoms. The third-order valence-corrected chi connectivity index (χ3v) is 1.76. The molecule has 0 saturated carbocycles. The lowest BCUT2D eigenvalue weighted by Gasteiger charge is -2.09. The molecule has 0 aliphatic carbocycles. The second kappa shape index (κ2) is 6.23. The van der Waals surface area contributed by atoms with E-state index in [1.54, 1.807) is 0 Å². The van der Waals surface area contributed by atoms with Crippen molar-refractivity contribution in [1.82, 2.24) is 4.90 Å². The number of hydrogen-bond acceptors (Lipinski definition) is 2. The Morgan fingerprint density at radius 3 is 2.30 bits per heavy atom. The molecule has 4 heteroatoms. The van der Waals surface area contributed by atoms with E-state index in [0.29, 0.717) is 6.04 Å². The molecule has 1 aliphatic rings. The molecule has 1 aliphatic heterocycles. The van der Waals surface area contributed by atoms with Crippen LogP contribution in [0, 0.1) is 0 Å². The standard InChI is InChI=1S/C6H14N2.2ClH/c1-2-8-4-3-6(7)5-8;;/h6H,2-5,7H2,1H3;2*1H. The summed E-state index contributed by atoms with van der Waals surface area (Å²) in [7, 11) is 0. The zero-order valence-corrected chi connectivity index (χ0v) is 7.88. The van der Waals surface area contributed by atoms with Crippen molar-refractivity contribution in [2.24, 2.45) is 5.73 Å². The minimum absolute atomic E-state index is 0. The molecule has 1 atom stereocenters. The second-order valence-electron chi connectivity index (χ2n) is 2.44. The van der Waals surface area contributed by atoms with Crippen LogP contribution in [0.2, 0.25) is 0 Å². The maximum Gasteiger partial charge on any atom is 0.0180 e. The van der Waals surface area contributed by atoms with Gasteiger partial charge in [-0.15, -0.1) is 24.8 Å². The van der Waals surface area contributed by atoms with E-state index in [9.17, 15) is 0 Å². The Bertz CT molecular complexity index is 80.1.